The molecule has 1 nitrogen and oxygen atoms in total. The van der Waals surface area contributed by atoms with Crippen LogP contribution in [0.2, 0.25) is 10.0 Å². The Bertz CT molecular complexity index is 570. The molecule has 94 valence electrons. The Morgan fingerprint density at radius 1 is 1.17 bits per heavy atom. The van der Waals surface area contributed by atoms with Crippen molar-refractivity contribution in [3.05, 3.63) is 62.0 Å². The first kappa shape index (κ1) is 13.7. The quantitative estimate of drug-likeness (QED) is 0.755. The average molecular weight is 345 g/mol. The summed E-state index contributed by atoms with van der Waals surface area (Å²) in [4.78, 5) is 0. The van der Waals surface area contributed by atoms with Crippen molar-refractivity contribution in [2.24, 2.45) is 0 Å². The highest BCUT2D eigenvalue weighted by Gasteiger charge is 2.05. The van der Waals surface area contributed by atoms with E-state index in [1.807, 2.05) is 12.1 Å². The molecule has 2 aromatic rings. The van der Waals surface area contributed by atoms with E-state index < -0.39 is 0 Å². The van der Waals surface area contributed by atoms with Gasteiger partial charge < -0.3 is 5.32 Å². The monoisotopic (exact) mass is 343 g/mol. The van der Waals surface area contributed by atoms with Crippen LogP contribution in [0.1, 0.15) is 11.1 Å². The third kappa shape index (κ3) is 3.19. The fourth-order valence-electron chi connectivity index (χ4n) is 1.63. The first-order valence-corrected chi connectivity index (χ1v) is 7.06. The molecule has 0 spiro atoms. The van der Waals surface area contributed by atoms with Gasteiger partial charge in [0, 0.05) is 11.0 Å². The minimum Gasteiger partial charge on any atom is -0.380 e. The Labute approximate surface area is 125 Å². The standard InChI is InChI=1S/C14H12BrCl2N/c1-9-5-6-10(11(15)7-9)8-18-13-4-2-3-12(16)14(13)17/h2-7,18H,8H2,1H3. The van der Waals surface area contributed by atoms with Gasteiger partial charge in [-0.3, -0.25) is 0 Å². The van der Waals surface area contributed by atoms with Crippen molar-refractivity contribution in [3.8, 4) is 0 Å². The molecule has 2 aromatic carbocycles. The van der Waals surface area contributed by atoms with Gasteiger partial charge in [0.15, 0.2) is 0 Å². The molecule has 0 fully saturated rings. The van der Waals surface area contributed by atoms with Crippen LogP contribution in [0.25, 0.3) is 0 Å². The molecule has 0 unspecified atom stereocenters. The maximum Gasteiger partial charge on any atom is 0.0823 e. The first-order valence-electron chi connectivity index (χ1n) is 5.51. The number of rotatable bonds is 3. The zero-order valence-electron chi connectivity index (χ0n) is 9.81. The van der Waals surface area contributed by atoms with Crippen molar-refractivity contribution in [3.63, 3.8) is 0 Å². The zero-order valence-corrected chi connectivity index (χ0v) is 12.9. The Kier molecular flexibility index (Phi) is 4.55. The number of anilines is 1. The lowest BCUT2D eigenvalue weighted by Gasteiger charge is -2.11. The minimum atomic E-state index is 0.558. The van der Waals surface area contributed by atoms with Crippen LogP contribution < -0.4 is 5.32 Å². The second-order valence-electron chi connectivity index (χ2n) is 4.05. The molecule has 0 saturated carbocycles. The molecule has 4 heteroatoms. The molecule has 18 heavy (non-hydrogen) atoms. The molecule has 0 aliphatic rings. The van der Waals surface area contributed by atoms with E-state index >= 15 is 0 Å². The molecule has 0 aliphatic carbocycles. The largest absolute Gasteiger partial charge is 0.380 e. The second kappa shape index (κ2) is 5.96. The maximum absolute atomic E-state index is 6.12. The van der Waals surface area contributed by atoms with E-state index in [1.54, 1.807) is 6.07 Å². The molecule has 1 N–H and O–H groups in total. The van der Waals surface area contributed by atoms with Gasteiger partial charge in [0.25, 0.3) is 0 Å². The molecule has 0 bridgehead atoms. The third-order valence-corrected chi connectivity index (χ3v) is 4.19. The summed E-state index contributed by atoms with van der Waals surface area (Å²) >= 11 is 15.6. The highest BCUT2D eigenvalue weighted by molar-refractivity contribution is 9.10. The van der Waals surface area contributed by atoms with Gasteiger partial charge in [-0.1, -0.05) is 57.3 Å². The Morgan fingerprint density at radius 2 is 1.94 bits per heavy atom. The molecule has 0 saturated heterocycles. The topological polar surface area (TPSA) is 12.0 Å². The van der Waals surface area contributed by atoms with Crippen LogP contribution in [-0.2, 0) is 6.54 Å². The van der Waals surface area contributed by atoms with Crippen molar-refractivity contribution < 1.29 is 0 Å². The fourth-order valence-corrected chi connectivity index (χ4v) is 2.63. The highest BCUT2D eigenvalue weighted by Crippen LogP contribution is 2.30. The molecule has 0 aromatic heterocycles. The Morgan fingerprint density at radius 3 is 2.67 bits per heavy atom. The van der Waals surface area contributed by atoms with Crippen LogP contribution >= 0.6 is 39.1 Å². The SMILES string of the molecule is Cc1ccc(CNc2cccc(Cl)c2Cl)c(Br)c1. The molecule has 2 rings (SSSR count). The van der Waals surface area contributed by atoms with E-state index in [9.17, 15) is 0 Å². The summed E-state index contributed by atoms with van der Waals surface area (Å²) in [5, 5.41) is 4.40. The molecule has 0 atom stereocenters. The summed E-state index contributed by atoms with van der Waals surface area (Å²) in [6, 6.07) is 11.8. The smallest absolute Gasteiger partial charge is 0.0823 e. The number of hydrogen-bond donors (Lipinski definition) is 1. The Balaban J connectivity index is 2.14. The summed E-state index contributed by atoms with van der Waals surface area (Å²) in [6.07, 6.45) is 0. The predicted molar refractivity (Wildman–Crippen MR) is 82.7 cm³/mol. The van der Waals surface area contributed by atoms with Crippen LogP contribution in [0.5, 0.6) is 0 Å². The molecule has 0 radical (unpaired) electrons. The lowest BCUT2D eigenvalue weighted by molar-refractivity contribution is 1.13. The zero-order chi connectivity index (χ0) is 13.1. The van der Waals surface area contributed by atoms with Gasteiger partial charge in [0.1, 0.15) is 0 Å². The van der Waals surface area contributed by atoms with Crippen molar-refractivity contribution in [2.75, 3.05) is 5.32 Å². The second-order valence-corrected chi connectivity index (χ2v) is 5.69. The van der Waals surface area contributed by atoms with Gasteiger partial charge in [0.05, 0.1) is 15.7 Å². The number of halogens is 3. The van der Waals surface area contributed by atoms with Crippen molar-refractivity contribution in [2.45, 2.75) is 13.5 Å². The number of hydrogen-bond acceptors (Lipinski definition) is 1. The third-order valence-electron chi connectivity index (χ3n) is 2.63. The molecule has 0 aliphatic heterocycles. The molecule has 0 heterocycles. The van der Waals surface area contributed by atoms with Crippen LogP contribution in [0, 0.1) is 6.92 Å². The average Bonchev–Trinajstić information content (AvgIpc) is 2.33. The van der Waals surface area contributed by atoms with E-state index in [4.69, 9.17) is 23.2 Å². The lowest BCUT2D eigenvalue weighted by Crippen LogP contribution is -2.01. The van der Waals surface area contributed by atoms with E-state index in [1.165, 1.54) is 11.1 Å². The summed E-state index contributed by atoms with van der Waals surface area (Å²) < 4.78 is 1.09. The number of nitrogens with one attached hydrogen (secondary N) is 1. The van der Waals surface area contributed by atoms with Gasteiger partial charge in [-0.2, -0.15) is 0 Å². The number of aryl methyl sites for hydroxylation is 1. The van der Waals surface area contributed by atoms with Crippen LogP contribution in [0.3, 0.4) is 0 Å². The molecule has 0 amide bonds. The number of benzene rings is 2. The normalized spacial score (nSPS) is 10.4. The van der Waals surface area contributed by atoms with Gasteiger partial charge in [-0.05, 0) is 36.2 Å². The van der Waals surface area contributed by atoms with Gasteiger partial charge in [-0.25, -0.2) is 0 Å². The summed E-state index contributed by atoms with van der Waals surface area (Å²) in [7, 11) is 0. The highest BCUT2D eigenvalue weighted by atomic mass is 79.9. The first-order chi connectivity index (χ1) is 8.58. The molecular formula is C14H12BrCl2N. The van der Waals surface area contributed by atoms with Crippen molar-refractivity contribution in [1.82, 2.24) is 0 Å². The maximum atomic E-state index is 6.12. The fraction of sp³-hybridized carbons (Fsp3) is 0.143. The summed E-state index contributed by atoms with van der Waals surface area (Å²) in [5.74, 6) is 0. The van der Waals surface area contributed by atoms with Crippen molar-refractivity contribution in [1.29, 1.82) is 0 Å². The summed E-state index contributed by atoms with van der Waals surface area (Å²) in [6.45, 7) is 2.76. The van der Waals surface area contributed by atoms with Crippen LogP contribution in [-0.4, -0.2) is 0 Å². The predicted octanol–water partition coefficient (Wildman–Crippen LogP) is 5.68. The molecular weight excluding hydrogens is 333 g/mol. The van der Waals surface area contributed by atoms with E-state index in [0.717, 1.165) is 10.2 Å². The summed E-state index contributed by atoms with van der Waals surface area (Å²) in [5.41, 5.74) is 3.25. The van der Waals surface area contributed by atoms with Crippen LogP contribution in [0.15, 0.2) is 40.9 Å². The lowest BCUT2D eigenvalue weighted by atomic mass is 10.1. The van der Waals surface area contributed by atoms with E-state index in [2.05, 4.69) is 46.4 Å². The Hall–Kier alpha value is -0.700. The van der Waals surface area contributed by atoms with Gasteiger partial charge >= 0.3 is 0 Å². The van der Waals surface area contributed by atoms with Crippen LogP contribution in [0.4, 0.5) is 5.69 Å². The van der Waals surface area contributed by atoms with Crippen molar-refractivity contribution >= 4 is 44.8 Å². The van der Waals surface area contributed by atoms with Gasteiger partial charge in [-0.15, -0.1) is 0 Å². The van der Waals surface area contributed by atoms with E-state index in [-0.39, 0.29) is 0 Å². The minimum absolute atomic E-state index is 0.558. The van der Waals surface area contributed by atoms with Gasteiger partial charge in [0.2, 0.25) is 0 Å². The van der Waals surface area contributed by atoms with E-state index in [0.29, 0.717) is 16.6 Å².